The van der Waals surface area contributed by atoms with Crippen molar-refractivity contribution >= 4 is 29.8 Å². The lowest BCUT2D eigenvalue weighted by Crippen LogP contribution is -2.53. The van der Waals surface area contributed by atoms with Crippen LogP contribution in [0.15, 0.2) is 78.9 Å². The number of ether oxygens (including phenoxy) is 2. The summed E-state index contributed by atoms with van der Waals surface area (Å²) in [6, 6.07) is 17.9. The van der Waals surface area contributed by atoms with E-state index in [1.165, 1.54) is 19.1 Å². The third kappa shape index (κ3) is 13.3. The van der Waals surface area contributed by atoms with Crippen molar-refractivity contribution in [3.8, 4) is 0 Å². The Hall–Kier alpha value is -5.40. The van der Waals surface area contributed by atoms with Gasteiger partial charge in [0.1, 0.15) is 30.1 Å². The topological polar surface area (TPSA) is 159 Å². The molecule has 3 rings (SSSR count). The lowest BCUT2D eigenvalue weighted by molar-refractivity contribution is -0.137. The Bertz CT molecular complexity index is 1590. The highest BCUT2D eigenvalue weighted by Crippen LogP contribution is 2.29. The van der Waals surface area contributed by atoms with Gasteiger partial charge in [0.05, 0.1) is 5.56 Å². The first-order chi connectivity index (χ1) is 23.0. The van der Waals surface area contributed by atoms with Crippen LogP contribution in [-0.2, 0) is 44.8 Å². The first-order valence-electron chi connectivity index (χ1n) is 15.4. The van der Waals surface area contributed by atoms with Gasteiger partial charge >= 0.3 is 18.4 Å². The van der Waals surface area contributed by atoms with Gasteiger partial charge in [-0.2, -0.15) is 13.2 Å². The van der Waals surface area contributed by atoms with E-state index >= 15 is 0 Å². The van der Waals surface area contributed by atoms with Crippen molar-refractivity contribution in [3.05, 3.63) is 107 Å². The van der Waals surface area contributed by atoms with Gasteiger partial charge in [-0.1, -0.05) is 66.7 Å². The highest BCUT2D eigenvalue weighted by molar-refractivity contribution is 6.04. The predicted molar refractivity (Wildman–Crippen MR) is 175 cm³/mol. The van der Waals surface area contributed by atoms with Gasteiger partial charge in [0, 0.05) is 12.1 Å². The standard InChI is InChI=1S/C35H40F3N5O6/c1-22(30(44)40-20-24-10-15-26(16-11-24)29(39)43-32(46)48-21-25-8-6-5-7-9-25)41-31(45)28(42-33(47)49-34(2,3)4)19-14-23-12-17-27(18-13-23)35(36,37)38/h5-13,15-18,22,28H,14,19-21H2,1-4H3,(H,40,44)(H,41,45)(H,42,47)(H2,39,43,46)/t22-,28+/m0/s1. The van der Waals surface area contributed by atoms with Crippen molar-refractivity contribution in [1.29, 1.82) is 5.41 Å². The first kappa shape index (κ1) is 38.1. The monoisotopic (exact) mass is 683 g/mol. The van der Waals surface area contributed by atoms with Crippen molar-refractivity contribution < 1.29 is 41.8 Å². The zero-order valence-electron chi connectivity index (χ0n) is 27.6. The molecule has 0 aliphatic rings. The van der Waals surface area contributed by atoms with Crippen LogP contribution >= 0.6 is 0 Å². The molecule has 0 bridgehead atoms. The lowest BCUT2D eigenvalue weighted by atomic mass is 10.0. The van der Waals surface area contributed by atoms with Gasteiger partial charge in [0.2, 0.25) is 11.8 Å². The molecule has 3 aromatic carbocycles. The van der Waals surface area contributed by atoms with Gasteiger partial charge in [0.25, 0.3) is 0 Å². The second-order valence-corrected chi connectivity index (χ2v) is 12.1. The van der Waals surface area contributed by atoms with Gasteiger partial charge < -0.3 is 25.4 Å². The average molecular weight is 684 g/mol. The van der Waals surface area contributed by atoms with Crippen molar-refractivity contribution in [2.75, 3.05) is 0 Å². The smallest absolute Gasteiger partial charge is 0.416 e. The molecule has 0 aliphatic heterocycles. The Labute approximate surface area is 282 Å². The minimum Gasteiger partial charge on any atom is -0.444 e. The van der Waals surface area contributed by atoms with Crippen molar-refractivity contribution in [1.82, 2.24) is 21.3 Å². The van der Waals surface area contributed by atoms with E-state index in [0.717, 1.165) is 17.7 Å². The van der Waals surface area contributed by atoms with Gasteiger partial charge in [-0.15, -0.1) is 0 Å². The molecule has 262 valence electrons. The fourth-order valence-corrected chi connectivity index (χ4v) is 4.33. The van der Waals surface area contributed by atoms with Crippen LogP contribution in [-0.4, -0.2) is 47.5 Å². The molecular weight excluding hydrogens is 643 g/mol. The molecule has 49 heavy (non-hydrogen) atoms. The zero-order valence-corrected chi connectivity index (χ0v) is 27.6. The lowest BCUT2D eigenvalue weighted by Gasteiger charge is -2.24. The predicted octanol–water partition coefficient (Wildman–Crippen LogP) is 5.60. The van der Waals surface area contributed by atoms with Crippen LogP contribution in [0.4, 0.5) is 22.8 Å². The summed E-state index contributed by atoms with van der Waals surface area (Å²) in [5.74, 6) is -1.37. The number of aryl methyl sites for hydroxylation is 1. The number of rotatable bonds is 12. The second-order valence-electron chi connectivity index (χ2n) is 12.1. The fraction of sp³-hybridized carbons (Fsp3) is 0.343. The highest BCUT2D eigenvalue weighted by Gasteiger charge is 2.30. The number of alkyl halides is 3. The maximum Gasteiger partial charge on any atom is 0.416 e. The summed E-state index contributed by atoms with van der Waals surface area (Å²) in [4.78, 5) is 50.5. The van der Waals surface area contributed by atoms with E-state index in [0.29, 0.717) is 16.7 Å². The van der Waals surface area contributed by atoms with E-state index in [9.17, 15) is 32.3 Å². The van der Waals surface area contributed by atoms with Gasteiger partial charge in [-0.3, -0.25) is 20.3 Å². The highest BCUT2D eigenvalue weighted by atomic mass is 19.4. The zero-order chi connectivity index (χ0) is 36.2. The third-order valence-electron chi connectivity index (χ3n) is 6.91. The van der Waals surface area contributed by atoms with Crippen molar-refractivity contribution in [2.45, 2.75) is 77.5 Å². The molecule has 4 amide bonds. The van der Waals surface area contributed by atoms with Crippen LogP contribution in [0.3, 0.4) is 0 Å². The molecule has 0 saturated carbocycles. The summed E-state index contributed by atoms with van der Waals surface area (Å²) in [7, 11) is 0. The van der Waals surface area contributed by atoms with Crippen LogP contribution in [0.25, 0.3) is 0 Å². The molecule has 0 spiro atoms. The van der Waals surface area contributed by atoms with E-state index in [4.69, 9.17) is 14.9 Å². The summed E-state index contributed by atoms with van der Waals surface area (Å²) in [6.45, 7) is 6.55. The summed E-state index contributed by atoms with van der Waals surface area (Å²) in [6.07, 6.45) is -5.95. The van der Waals surface area contributed by atoms with E-state index in [-0.39, 0.29) is 31.8 Å². The van der Waals surface area contributed by atoms with Crippen LogP contribution in [0.2, 0.25) is 0 Å². The minimum atomic E-state index is -4.48. The second kappa shape index (κ2) is 17.1. The molecule has 0 unspecified atom stereocenters. The number of amidine groups is 1. The number of nitrogens with one attached hydrogen (secondary N) is 5. The summed E-state index contributed by atoms with van der Waals surface area (Å²) >= 11 is 0. The van der Waals surface area contributed by atoms with Gasteiger partial charge in [-0.25, -0.2) is 9.59 Å². The normalized spacial score (nSPS) is 12.6. The van der Waals surface area contributed by atoms with E-state index < -0.39 is 53.4 Å². The number of carbonyl (C=O) groups is 4. The Kier molecular flexibility index (Phi) is 13.3. The number of amides is 4. The van der Waals surface area contributed by atoms with Crippen molar-refractivity contribution in [3.63, 3.8) is 0 Å². The van der Waals surface area contributed by atoms with Gasteiger partial charge in [-0.05, 0) is 69.4 Å². The molecule has 3 aromatic rings. The SMILES string of the molecule is C[C@H](NC(=O)[C@@H](CCc1ccc(C(F)(F)F)cc1)NC(=O)OC(C)(C)C)C(=O)NCc1ccc(C(=N)NC(=O)OCc2ccccc2)cc1. The molecule has 0 aromatic heterocycles. The van der Waals surface area contributed by atoms with Gasteiger partial charge in [0.15, 0.2) is 0 Å². The fourth-order valence-electron chi connectivity index (χ4n) is 4.33. The molecule has 14 heteroatoms. The number of hydrogen-bond acceptors (Lipinski definition) is 7. The molecule has 0 heterocycles. The number of alkyl carbamates (subject to hydrolysis) is 2. The van der Waals surface area contributed by atoms with E-state index in [2.05, 4.69) is 21.3 Å². The molecule has 5 N–H and O–H groups in total. The van der Waals surface area contributed by atoms with Crippen LogP contribution in [0, 0.1) is 5.41 Å². The molecule has 0 fully saturated rings. The van der Waals surface area contributed by atoms with Crippen LogP contribution < -0.4 is 21.3 Å². The number of hydrogen-bond donors (Lipinski definition) is 5. The number of carbonyl (C=O) groups excluding carboxylic acids is 4. The Morgan fingerprint density at radius 2 is 1.39 bits per heavy atom. The Morgan fingerprint density at radius 1 is 0.776 bits per heavy atom. The first-order valence-corrected chi connectivity index (χ1v) is 15.4. The van der Waals surface area contributed by atoms with E-state index in [1.54, 1.807) is 45.0 Å². The van der Waals surface area contributed by atoms with Crippen LogP contribution in [0.5, 0.6) is 0 Å². The quantitative estimate of drug-likeness (QED) is 0.123. The third-order valence-corrected chi connectivity index (χ3v) is 6.91. The van der Waals surface area contributed by atoms with Crippen molar-refractivity contribution in [2.24, 2.45) is 0 Å². The maximum absolute atomic E-state index is 13.2. The Balaban J connectivity index is 1.52. The summed E-state index contributed by atoms with van der Waals surface area (Å²) in [5, 5.41) is 18.3. The van der Waals surface area contributed by atoms with Crippen LogP contribution in [0.1, 0.15) is 61.9 Å². The summed E-state index contributed by atoms with van der Waals surface area (Å²) < 4.78 is 49.2. The Morgan fingerprint density at radius 3 is 1.98 bits per heavy atom. The number of benzene rings is 3. The molecule has 2 atom stereocenters. The molecule has 0 aliphatic carbocycles. The molecule has 11 nitrogen and oxygen atoms in total. The molecule has 0 radical (unpaired) electrons. The molecular formula is C35H40F3N5O6. The average Bonchev–Trinajstić information content (AvgIpc) is 3.04. The number of halogens is 3. The van der Waals surface area contributed by atoms with E-state index in [1.807, 2.05) is 30.3 Å². The molecule has 0 saturated heterocycles. The maximum atomic E-state index is 13.2. The minimum absolute atomic E-state index is 0.0196. The largest absolute Gasteiger partial charge is 0.444 e. The summed E-state index contributed by atoms with van der Waals surface area (Å²) in [5.41, 5.74) is 0.750.